The highest BCUT2D eigenvalue weighted by Crippen LogP contribution is 2.28. The van der Waals surface area contributed by atoms with Gasteiger partial charge < -0.3 is 15.0 Å². The Bertz CT molecular complexity index is 911. The lowest BCUT2D eigenvalue weighted by molar-refractivity contribution is 0.242. The molecule has 7 nitrogen and oxygen atoms in total. The lowest BCUT2D eigenvalue weighted by Crippen LogP contribution is -2.06. The maximum atomic E-state index is 9.30. The first-order valence-electron chi connectivity index (χ1n) is 7.34. The Morgan fingerprint density at radius 2 is 2.12 bits per heavy atom. The van der Waals surface area contributed by atoms with Crippen molar-refractivity contribution in [2.75, 3.05) is 5.73 Å². The molecule has 0 bridgehead atoms. The molecule has 0 saturated carbocycles. The molecule has 2 heterocycles. The molecule has 0 unspecified atom stereocenters. The fourth-order valence-corrected chi connectivity index (χ4v) is 2.16. The number of nitrogens with zero attached hydrogens (tertiary/aromatic N) is 4. The number of nitrogens with two attached hydrogens (primary N) is 1. The predicted octanol–water partition coefficient (Wildman–Crippen LogP) is 3.04. The summed E-state index contributed by atoms with van der Waals surface area (Å²) in [6.07, 6.45) is 1.57. The fourth-order valence-electron chi connectivity index (χ4n) is 2.16. The van der Waals surface area contributed by atoms with Crippen LogP contribution in [-0.2, 0) is 0 Å². The Morgan fingerprint density at radius 1 is 1.29 bits per heavy atom. The summed E-state index contributed by atoms with van der Waals surface area (Å²) in [5, 5.41) is 13.2. The number of hydrogen-bond donors (Lipinski definition) is 1. The number of nitrogen functional groups attached to an aromatic ring is 1. The lowest BCUT2D eigenvalue weighted by atomic mass is 10.1. The van der Waals surface area contributed by atoms with E-state index >= 15 is 0 Å². The standard InChI is InChI=1S/C17H15N5O2/c1-10(2)23-14-6-5-11(8-12(14)9-18)17-21-16(22-24-17)13-4-3-7-20-15(13)19/h3-8,10H,1-2H3,(H2,19,20). The molecule has 0 fully saturated rings. The van der Waals surface area contributed by atoms with Gasteiger partial charge in [-0.25, -0.2) is 4.98 Å². The second-order valence-corrected chi connectivity index (χ2v) is 5.35. The average molecular weight is 321 g/mol. The summed E-state index contributed by atoms with van der Waals surface area (Å²) in [4.78, 5) is 8.33. The number of pyridine rings is 1. The van der Waals surface area contributed by atoms with E-state index in [-0.39, 0.29) is 6.10 Å². The van der Waals surface area contributed by atoms with Gasteiger partial charge in [-0.1, -0.05) is 5.16 Å². The van der Waals surface area contributed by atoms with Crippen LogP contribution in [0.15, 0.2) is 41.1 Å². The van der Waals surface area contributed by atoms with Gasteiger partial charge in [0.25, 0.3) is 5.89 Å². The third-order valence-corrected chi connectivity index (χ3v) is 3.22. The molecular weight excluding hydrogens is 306 g/mol. The van der Waals surface area contributed by atoms with Crippen molar-refractivity contribution in [3.05, 3.63) is 42.1 Å². The van der Waals surface area contributed by atoms with Gasteiger partial charge in [0.15, 0.2) is 0 Å². The van der Waals surface area contributed by atoms with E-state index < -0.39 is 0 Å². The van der Waals surface area contributed by atoms with E-state index in [0.717, 1.165) is 0 Å². The van der Waals surface area contributed by atoms with Crippen LogP contribution in [0.25, 0.3) is 22.8 Å². The topological polar surface area (TPSA) is 111 Å². The van der Waals surface area contributed by atoms with Crippen LogP contribution in [0, 0.1) is 11.3 Å². The highest BCUT2D eigenvalue weighted by Gasteiger charge is 2.15. The molecule has 0 radical (unpaired) electrons. The van der Waals surface area contributed by atoms with E-state index in [9.17, 15) is 5.26 Å². The van der Waals surface area contributed by atoms with E-state index in [2.05, 4.69) is 21.2 Å². The van der Waals surface area contributed by atoms with Crippen LogP contribution in [0.4, 0.5) is 5.82 Å². The Hall–Kier alpha value is -3.40. The molecule has 0 amide bonds. The lowest BCUT2D eigenvalue weighted by Gasteiger charge is -2.11. The smallest absolute Gasteiger partial charge is 0.258 e. The number of rotatable bonds is 4. The van der Waals surface area contributed by atoms with E-state index in [0.29, 0.717) is 40.0 Å². The molecule has 0 aliphatic rings. The Balaban J connectivity index is 1.96. The summed E-state index contributed by atoms with van der Waals surface area (Å²) in [7, 11) is 0. The maximum absolute atomic E-state index is 9.30. The number of hydrogen-bond acceptors (Lipinski definition) is 7. The van der Waals surface area contributed by atoms with Crippen molar-refractivity contribution in [1.29, 1.82) is 5.26 Å². The van der Waals surface area contributed by atoms with Crippen LogP contribution in [0.3, 0.4) is 0 Å². The van der Waals surface area contributed by atoms with Gasteiger partial charge in [0.05, 0.1) is 17.2 Å². The molecular formula is C17H15N5O2. The average Bonchev–Trinajstić information content (AvgIpc) is 3.05. The van der Waals surface area contributed by atoms with Crippen LogP contribution >= 0.6 is 0 Å². The molecule has 7 heteroatoms. The zero-order chi connectivity index (χ0) is 17.1. The first-order chi connectivity index (χ1) is 11.6. The molecule has 1 aromatic carbocycles. The number of anilines is 1. The molecule has 24 heavy (non-hydrogen) atoms. The fraction of sp³-hybridized carbons (Fsp3) is 0.176. The Morgan fingerprint density at radius 3 is 2.83 bits per heavy atom. The number of benzene rings is 1. The van der Waals surface area contributed by atoms with Crippen molar-refractivity contribution >= 4 is 5.82 Å². The minimum absolute atomic E-state index is 0.0217. The van der Waals surface area contributed by atoms with E-state index in [4.69, 9.17) is 15.0 Å². The van der Waals surface area contributed by atoms with Gasteiger partial charge in [-0.2, -0.15) is 10.2 Å². The minimum Gasteiger partial charge on any atom is -0.490 e. The van der Waals surface area contributed by atoms with Crippen molar-refractivity contribution < 1.29 is 9.26 Å². The summed E-state index contributed by atoms with van der Waals surface area (Å²) in [6, 6.07) is 10.8. The Kier molecular flexibility index (Phi) is 4.12. The van der Waals surface area contributed by atoms with Crippen molar-refractivity contribution in [3.63, 3.8) is 0 Å². The van der Waals surface area contributed by atoms with Crippen LogP contribution in [0.5, 0.6) is 5.75 Å². The van der Waals surface area contributed by atoms with Crippen LogP contribution in [-0.4, -0.2) is 21.2 Å². The summed E-state index contributed by atoms with van der Waals surface area (Å²) < 4.78 is 10.9. The van der Waals surface area contributed by atoms with E-state index in [1.165, 1.54) is 0 Å². The zero-order valence-corrected chi connectivity index (χ0v) is 13.2. The van der Waals surface area contributed by atoms with Crippen LogP contribution < -0.4 is 10.5 Å². The van der Waals surface area contributed by atoms with Crippen molar-refractivity contribution in [3.8, 4) is 34.7 Å². The van der Waals surface area contributed by atoms with E-state index in [1.807, 2.05) is 13.8 Å². The maximum Gasteiger partial charge on any atom is 0.258 e. The van der Waals surface area contributed by atoms with Crippen LogP contribution in [0.1, 0.15) is 19.4 Å². The van der Waals surface area contributed by atoms with Crippen LogP contribution in [0.2, 0.25) is 0 Å². The molecule has 3 rings (SSSR count). The SMILES string of the molecule is CC(C)Oc1ccc(-c2nc(-c3cccnc3N)no2)cc1C#N. The van der Waals surface area contributed by atoms with Crippen molar-refractivity contribution in [1.82, 2.24) is 15.1 Å². The summed E-state index contributed by atoms with van der Waals surface area (Å²) in [5.74, 6) is 1.48. The molecule has 120 valence electrons. The van der Waals surface area contributed by atoms with Gasteiger partial charge >= 0.3 is 0 Å². The molecule has 2 aromatic heterocycles. The molecule has 3 aromatic rings. The first-order valence-corrected chi connectivity index (χ1v) is 7.34. The van der Waals surface area contributed by atoms with Gasteiger partial charge in [-0.05, 0) is 44.2 Å². The number of aromatic nitrogens is 3. The normalized spacial score (nSPS) is 10.6. The Labute approximate surface area is 138 Å². The molecule has 0 atom stereocenters. The molecule has 2 N–H and O–H groups in total. The summed E-state index contributed by atoms with van der Waals surface area (Å²) >= 11 is 0. The first kappa shape index (κ1) is 15.5. The second kappa shape index (κ2) is 6.38. The molecule has 0 spiro atoms. The van der Waals surface area contributed by atoms with Gasteiger partial charge in [-0.15, -0.1) is 0 Å². The third-order valence-electron chi connectivity index (χ3n) is 3.22. The molecule has 0 saturated heterocycles. The van der Waals surface area contributed by atoms with Crippen molar-refractivity contribution in [2.24, 2.45) is 0 Å². The van der Waals surface area contributed by atoms with Gasteiger partial charge in [0, 0.05) is 11.8 Å². The zero-order valence-electron chi connectivity index (χ0n) is 13.2. The minimum atomic E-state index is -0.0217. The highest BCUT2D eigenvalue weighted by atomic mass is 16.5. The second-order valence-electron chi connectivity index (χ2n) is 5.35. The predicted molar refractivity (Wildman–Crippen MR) is 87.9 cm³/mol. The number of nitriles is 1. The van der Waals surface area contributed by atoms with Gasteiger partial charge in [-0.3, -0.25) is 0 Å². The molecule has 0 aliphatic carbocycles. The third kappa shape index (κ3) is 3.03. The highest BCUT2D eigenvalue weighted by molar-refractivity contribution is 5.69. The van der Waals surface area contributed by atoms with Crippen molar-refractivity contribution in [2.45, 2.75) is 20.0 Å². The van der Waals surface area contributed by atoms with Gasteiger partial charge in [0.2, 0.25) is 5.82 Å². The van der Waals surface area contributed by atoms with Gasteiger partial charge in [0.1, 0.15) is 17.6 Å². The monoisotopic (exact) mass is 321 g/mol. The summed E-state index contributed by atoms with van der Waals surface area (Å²) in [5.41, 5.74) is 7.44. The molecule has 0 aliphatic heterocycles. The number of ether oxygens (including phenoxy) is 1. The summed E-state index contributed by atoms with van der Waals surface area (Å²) in [6.45, 7) is 3.80. The largest absolute Gasteiger partial charge is 0.490 e. The van der Waals surface area contributed by atoms with E-state index in [1.54, 1.807) is 36.5 Å². The quantitative estimate of drug-likeness (QED) is 0.786.